The van der Waals surface area contributed by atoms with E-state index >= 15 is 0 Å². The standard InChI is InChI=1S/C14H22Br2N2/c1-3-18(4-2)7-5-6-17-11-12-8-13(15)10-14(16)9-12/h8-10,17H,3-7,11H2,1-2H3. The molecular formula is C14H22Br2N2. The smallest absolute Gasteiger partial charge is 0.0206 e. The summed E-state index contributed by atoms with van der Waals surface area (Å²) in [4.78, 5) is 2.46. The summed E-state index contributed by atoms with van der Waals surface area (Å²) >= 11 is 7.02. The van der Waals surface area contributed by atoms with Gasteiger partial charge in [0, 0.05) is 15.5 Å². The third-order valence-corrected chi connectivity index (χ3v) is 3.89. The lowest BCUT2D eigenvalue weighted by Gasteiger charge is -2.17. The average Bonchev–Trinajstić information content (AvgIpc) is 2.32. The van der Waals surface area contributed by atoms with Crippen molar-refractivity contribution in [3.63, 3.8) is 0 Å². The van der Waals surface area contributed by atoms with Gasteiger partial charge in [-0.05, 0) is 56.4 Å². The third kappa shape index (κ3) is 6.32. The highest BCUT2D eigenvalue weighted by molar-refractivity contribution is 9.11. The predicted molar refractivity (Wildman–Crippen MR) is 86.0 cm³/mol. The number of benzene rings is 1. The molecule has 1 aromatic carbocycles. The molecule has 0 aliphatic rings. The summed E-state index contributed by atoms with van der Waals surface area (Å²) in [6.45, 7) is 9.91. The summed E-state index contributed by atoms with van der Waals surface area (Å²) in [7, 11) is 0. The van der Waals surface area contributed by atoms with Gasteiger partial charge in [-0.1, -0.05) is 45.7 Å². The van der Waals surface area contributed by atoms with Gasteiger partial charge in [0.25, 0.3) is 0 Å². The van der Waals surface area contributed by atoms with E-state index in [0.29, 0.717) is 0 Å². The zero-order valence-corrected chi connectivity index (χ0v) is 14.3. The Hall–Kier alpha value is 0.1000. The average molecular weight is 378 g/mol. The fraction of sp³-hybridized carbons (Fsp3) is 0.571. The molecule has 0 aromatic heterocycles. The van der Waals surface area contributed by atoms with Crippen molar-refractivity contribution in [3.05, 3.63) is 32.7 Å². The second-order valence-electron chi connectivity index (χ2n) is 4.33. The number of nitrogens with zero attached hydrogens (tertiary/aromatic N) is 1. The van der Waals surface area contributed by atoms with E-state index < -0.39 is 0 Å². The summed E-state index contributed by atoms with van der Waals surface area (Å²) in [5.41, 5.74) is 1.30. The Morgan fingerprint density at radius 2 is 1.67 bits per heavy atom. The Morgan fingerprint density at radius 3 is 2.22 bits per heavy atom. The van der Waals surface area contributed by atoms with Crippen LogP contribution in [0, 0.1) is 0 Å². The zero-order valence-electron chi connectivity index (χ0n) is 11.2. The molecule has 0 unspecified atom stereocenters. The second-order valence-corrected chi connectivity index (χ2v) is 6.17. The van der Waals surface area contributed by atoms with Gasteiger partial charge in [0.2, 0.25) is 0 Å². The fourth-order valence-electron chi connectivity index (χ4n) is 1.91. The lowest BCUT2D eigenvalue weighted by molar-refractivity contribution is 0.298. The van der Waals surface area contributed by atoms with Crippen LogP contribution in [0.1, 0.15) is 25.8 Å². The van der Waals surface area contributed by atoms with E-state index in [1.807, 2.05) is 0 Å². The first-order valence-electron chi connectivity index (χ1n) is 6.53. The lowest BCUT2D eigenvalue weighted by atomic mass is 10.2. The van der Waals surface area contributed by atoms with Crippen LogP contribution in [0.4, 0.5) is 0 Å². The molecule has 0 radical (unpaired) electrons. The minimum atomic E-state index is 0.927. The van der Waals surface area contributed by atoms with Gasteiger partial charge >= 0.3 is 0 Å². The van der Waals surface area contributed by atoms with Crippen LogP contribution >= 0.6 is 31.9 Å². The summed E-state index contributed by atoms with van der Waals surface area (Å²) in [5, 5.41) is 3.49. The predicted octanol–water partition coefficient (Wildman–Crippen LogP) is 4.03. The maximum absolute atomic E-state index is 3.51. The molecule has 0 saturated carbocycles. The topological polar surface area (TPSA) is 15.3 Å². The molecule has 1 rings (SSSR count). The molecule has 0 saturated heterocycles. The Morgan fingerprint density at radius 1 is 1.06 bits per heavy atom. The molecular weight excluding hydrogens is 356 g/mol. The molecule has 0 atom stereocenters. The van der Waals surface area contributed by atoms with Crippen molar-refractivity contribution in [2.24, 2.45) is 0 Å². The second kappa shape index (κ2) is 9.08. The maximum atomic E-state index is 3.51. The number of nitrogens with one attached hydrogen (secondary N) is 1. The molecule has 0 aliphatic heterocycles. The SMILES string of the molecule is CCN(CC)CCCNCc1cc(Br)cc(Br)c1. The first kappa shape index (κ1) is 16.2. The Bertz CT molecular complexity index is 331. The Labute approximate surface area is 127 Å². The van der Waals surface area contributed by atoms with Crippen molar-refractivity contribution in [2.45, 2.75) is 26.8 Å². The normalized spacial score (nSPS) is 11.2. The van der Waals surface area contributed by atoms with Gasteiger partial charge in [0.1, 0.15) is 0 Å². The molecule has 18 heavy (non-hydrogen) atoms. The van der Waals surface area contributed by atoms with Gasteiger partial charge in [-0.15, -0.1) is 0 Å². The molecule has 4 heteroatoms. The molecule has 102 valence electrons. The van der Waals surface area contributed by atoms with Crippen LogP contribution in [0.5, 0.6) is 0 Å². The van der Waals surface area contributed by atoms with Crippen LogP contribution in [-0.2, 0) is 6.54 Å². The number of rotatable bonds is 8. The van der Waals surface area contributed by atoms with Crippen molar-refractivity contribution < 1.29 is 0 Å². The van der Waals surface area contributed by atoms with Crippen molar-refractivity contribution in [2.75, 3.05) is 26.2 Å². The highest BCUT2D eigenvalue weighted by Gasteiger charge is 1.99. The van der Waals surface area contributed by atoms with E-state index in [1.165, 1.54) is 18.5 Å². The summed E-state index contributed by atoms with van der Waals surface area (Å²) < 4.78 is 2.24. The van der Waals surface area contributed by atoms with Gasteiger partial charge in [-0.2, -0.15) is 0 Å². The number of hydrogen-bond donors (Lipinski definition) is 1. The van der Waals surface area contributed by atoms with Gasteiger partial charge in [-0.25, -0.2) is 0 Å². The lowest BCUT2D eigenvalue weighted by Crippen LogP contribution is -2.27. The first-order valence-corrected chi connectivity index (χ1v) is 8.12. The molecule has 0 bridgehead atoms. The van der Waals surface area contributed by atoms with Gasteiger partial charge in [0.15, 0.2) is 0 Å². The Balaban J connectivity index is 2.21. The first-order chi connectivity index (χ1) is 8.65. The molecule has 0 heterocycles. The largest absolute Gasteiger partial charge is 0.313 e. The van der Waals surface area contributed by atoms with Crippen molar-refractivity contribution in [1.82, 2.24) is 10.2 Å². The van der Waals surface area contributed by atoms with Gasteiger partial charge in [-0.3, -0.25) is 0 Å². The van der Waals surface area contributed by atoms with E-state index in [9.17, 15) is 0 Å². The van der Waals surface area contributed by atoms with Crippen LogP contribution in [0.25, 0.3) is 0 Å². The zero-order chi connectivity index (χ0) is 13.4. The van der Waals surface area contributed by atoms with Crippen molar-refractivity contribution in [3.8, 4) is 0 Å². The van der Waals surface area contributed by atoms with E-state index in [-0.39, 0.29) is 0 Å². The van der Waals surface area contributed by atoms with Gasteiger partial charge in [0.05, 0.1) is 0 Å². The molecule has 0 aliphatic carbocycles. The van der Waals surface area contributed by atoms with E-state index in [1.54, 1.807) is 0 Å². The van der Waals surface area contributed by atoms with Crippen LogP contribution in [0.3, 0.4) is 0 Å². The van der Waals surface area contributed by atoms with Crippen LogP contribution in [0.15, 0.2) is 27.1 Å². The number of halogens is 2. The third-order valence-electron chi connectivity index (χ3n) is 2.97. The van der Waals surface area contributed by atoms with Crippen molar-refractivity contribution >= 4 is 31.9 Å². The molecule has 1 N–H and O–H groups in total. The van der Waals surface area contributed by atoms with E-state index in [4.69, 9.17) is 0 Å². The summed E-state index contributed by atoms with van der Waals surface area (Å²) in [5.74, 6) is 0. The van der Waals surface area contributed by atoms with Crippen LogP contribution in [0.2, 0.25) is 0 Å². The fourth-order valence-corrected chi connectivity index (χ4v) is 3.30. The highest BCUT2D eigenvalue weighted by Crippen LogP contribution is 2.19. The van der Waals surface area contributed by atoms with Crippen LogP contribution in [-0.4, -0.2) is 31.1 Å². The summed E-state index contributed by atoms with van der Waals surface area (Å²) in [6.07, 6.45) is 1.21. The van der Waals surface area contributed by atoms with E-state index in [2.05, 4.69) is 74.1 Å². The van der Waals surface area contributed by atoms with Gasteiger partial charge < -0.3 is 10.2 Å². The molecule has 2 nitrogen and oxygen atoms in total. The molecule has 0 amide bonds. The summed E-state index contributed by atoms with van der Waals surface area (Å²) in [6, 6.07) is 6.37. The maximum Gasteiger partial charge on any atom is 0.0206 e. The van der Waals surface area contributed by atoms with Crippen molar-refractivity contribution in [1.29, 1.82) is 0 Å². The number of hydrogen-bond acceptors (Lipinski definition) is 2. The molecule has 0 fully saturated rings. The monoisotopic (exact) mass is 376 g/mol. The minimum absolute atomic E-state index is 0.927. The van der Waals surface area contributed by atoms with Crippen LogP contribution < -0.4 is 5.32 Å². The highest BCUT2D eigenvalue weighted by atomic mass is 79.9. The molecule has 0 spiro atoms. The van der Waals surface area contributed by atoms with E-state index in [0.717, 1.165) is 35.1 Å². The minimum Gasteiger partial charge on any atom is -0.313 e. The quantitative estimate of drug-likeness (QED) is 0.688. The molecule has 1 aromatic rings. The Kier molecular flexibility index (Phi) is 8.15.